The van der Waals surface area contributed by atoms with Crippen molar-refractivity contribution in [1.29, 1.82) is 0 Å². The molecule has 0 aliphatic carbocycles. The lowest BCUT2D eigenvalue weighted by Crippen LogP contribution is -2.17. The SMILES string of the molecule is COc1ccc(-c2cc(C(=O)Nc3ccc(F)cc3)n(-c3cc(C)ccc3C)n2)c(OC)c1. The number of nitrogens with one attached hydrogen (secondary N) is 1. The highest BCUT2D eigenvalue weighted by molar-refractivity contribution is 6.04. The summed E-state index contributed by atoms with van der Waals surface area (Å²) in [6, 6.07) is 18.7. The van der Waals surface area contributed by atoms with Crippen molar-refractivity contribution in [2.75, 3.05) is 19.5 Å². The fourth-order valence-corrected chi connectivity index (χ4v) is 3.54. The first-order valence-corrected chi connectivity index (χ1v) is 10.4. The summed E-state index contributed by atoms with van der Waals surface area (Å²) >= 11 is 0. The van der Waals surface area contributed by atoms with Gasteiger partial charge in [-0.3, -0.25) is 4.79 Å². The molecule has 1 heterocycles. The lowest BCUT2D eigenvalue weighted by atomic mass is 10.1. The van der Waals surface area contributed by atoms with Crippen LogP contribution in [0.2, 0.25) is 0 Å². The van der Waals surface area contributed by atoms with Crippen LogP contribution in [0, 0.1) is 19.7 Å². The maximum Gasteiger partial charge on any atom is 0.274 e. The molecule has 7 heteroatoms. The zero-order valence-corrected chi connectivity index (χ0v) is 18.8. The topological polar surface area (TPSA) is 65.4 Å². The third kappa shape index (κ3) is 4.57. The van der Waals surface area contributed by atoms with Gasteiger partial charge in [0.1, 0.15) is 23.0 Å². The molecule has 1 N–H and O–H groups in total. The molecular formula is C26H24FN3O3. The van der Waals surface area contributed by atoms with Gasteiger partial charge in [-0.2, -0.15) is 5.10 Å². The average Bonchev–Trinajstić information content (AvgIpc) is 3.26. The molecule has 0 saturated heterocycles. The minimum atomic E-state index is -0.373. The number of methoxy groups -OCH3 is 2. The highest BCUT2D eigenvalue weighted by atomic mass is 19.1. The van der Waals surface area contributed by atoms with Crippen LogP contribution in [0.4, 0.5) is 10.1 Å². The van der Waals surface area contributed by atoms with E-state index in [1.807, 2.05) is 44.2 Å². The van der Waals surface area contributed by atoms with Crippen molar-refractivity contribution in [3.8, 4) is 28.4 Å². The zero-order chi connectivity index (χ0) is 23.5. The first kappa shape index (κ1) is 22.1. The first-order valence-electron chi connectivity index (χ1n) is 10.4. The number of nitrogens with zero attached hydrogens (tertiary/aromatic N) is 2. The summed E-state index contributed by atoms with van der Waals surface area (Å²) in [6.45, 7) is 3.95. The van der Waals surface area contributed by atoms with Crippen LogP contribution in [-0.4, -0.2) is 29.9 Å². The summed E-state index contributed by atoms with van der Waals surface area (Å²) in [6.07, 6.45) is 0. The molecule has 0 fully saturated rings. The normalized spacial score (nSPS) is 10.7. The van der Waals surface area contributed by atoms with Gasteiger partial charge in [0.15, 0.2) is 0 Å². The van der Waals surface area contributed by atoms with E-state index < -0.39 is 0 Å². The van der Waals surface area contributed by atoms with Gasteiger partial charge in [-0.1, -0.05) is 12.1 Å². The number of aromatic nitrogens is 2. The molecule has 33 heavy (non-hydrogen) atoms. The van der Waals surface area contributed by atoms with E-state index in [1.165, 1.54) is 24.3 Å². The Hall–Kier alpha value is -4.13. The summed E-state index contributed by atoms with van der Waals surface area (Å²) < 4.78 is 25.7. The van der Waals surface area contributed by atoms with Crippen LogP contribution in [0.25, 0.3) is 16.9 Å². The predicted molar refractivity (Wildman–Crippen MR) is 126 cm³/mol. The van der Waals surface area contributed by atoms with Gasteiger partial charge in [-0.15, -0.1) is 0 Å². The van der Waals surface area contributed by atoms with Crippen LogP contribution in [0.1, 0.15) is 21.6 Å². The Bertz CT molecular complexity index is 1310. The number of aryl methyl sites for hydroxylation is 2. The molecule has 0 saturated carbocycles. The van der Waals surface area contributed by atoms with Gasteiger partial charge in [0, 0.05) is 17.3 Å². The van der Waals surface area contributed by atoms with Gasteiger partial charge in [-0.05, 0) is 73.5 Å². The summed E-state index contributed by atoms with van der Waals surface area (Å²) in [5.74, 6) is 0.486. The molecule has 0 unspecified atom stereocenters. The number of hydrogen-bond donors (Lipinski definition) is 1. The Morgan fingerprint density at radius 1 is 0.939 bits per heavy atom. The fourth-order valence-electron chi connectivity index (χ4n) is 3.54. The molecule has 0 bridgehead atoms. The number of hydrogen-bond acceptors (Lipinski definition) is 4. The number of halogens is 1. The number of ether oxygens (including phenoxy) is 2. The monoisotopic (exact) mass is 445 g/mol. The molecule has 0 aliphatic heterocycles. The van der Waals surface area contributed by atoms with Crippen molar-refractivity contribution in [2.45, 2.75) is 13.8 Å². The summed E-state index contributed by atoms with van der Waals surface area (Å²) in [4.78, 5) is 13.3. The van der Waals surface area contributed by atoms with Gasteiger partial charge in [0.25, 0.3) is 5.91 Å². The fraction of sp³-hybridized carbons (Fsp3) is 0.154. The van der Waals surface area contributed by atoms with E-state index in [-0.39, 0.29) is 11.7 Å². The van der Waals surface area contributed by atoms with E-state index in [2.05, 4.69) is 5.32 Å². The summed E-state index contributed by atoms with van der Waals surface area (Å²) in [7, 11) is 3.16. The maximum atomic E-state index is 13.3. The Morgan fingerprint density at radius 2 is 1.70 bits per heavy atom. The highest BCUT2D eigenvalue weighted by Crippen LogP contribution is 2.34. The van der Waals surface area contributed by atoms with Gasteiger partial charge >= 0.3 is 0 Å². The Kier molecular flexibility index (Phi) is 6.13. The Balaban J connectivity index is 1.84. The lowest BCUT2D eigenvalue weighted by Gasteiger charge is -2.12. The minimum Gasteiger partial charge on any atom is -0.497 e. The number of rotatable bonds is 6. The van der Waals surface area contributed by atoms with E-state index in [4.69, 9.17) is 14.6 Å². The third-order valence-electron chi connectivity index (χ3n) is 5.32. The van der Waals surface area contributed by atoms with Crippen LogP contribution in [0.15, 0.2) is 66.7 Å². The molecule has 4 aromatic rings. The van der Waals surface area contributed by atoms with E-state index in [9.17, 15) is 9.18 Å². The number of benzene rings is 3. The Morgan fingerprint density at radius 3 is 2.39 bits per heavy atom. The summed E-state index contributed by atoms with van der Waals surface area (Å²) in [5.41, 5.74) is 4.91. The molecule has 4 rings (SSSR count). The van der Waals surface area contributed by atoms with Gasteiger partial charge in [0.2, 0.25) is 0 Å². The van der Waals surface area contributed by atoms with Crippen molar-refractivity contribution in [3.63, 3.8) is 0 Å². The molecule has 0 radical (unpaired) electrons. The first-order chi connectivity index (χ1) is 15.9. The number of carbonyl (C=O) groups excluding carboxylic acids is 1. The second-order valence-corrected chi connectivity index (χ2v) is 7.64. The average molecular weight is 445 g/mol. The van der Waals surface area contributed by atoms with Crippen molar-refractivity contribution in [2.24, 2.45) is 0 Å². The molecule has 1 aromatic heterocycles. The second kappa shape index (κ2) is 9.16. The molecule has 1 amide bonds. The van der Waals surface area contributed by atoms with Gasteiger partial charge in [-0.25, -0.2) is 9.07 Å². The van der Waals surface area contributed by atoms with Crippen LogP contribution in [-0.2, 0) is 0 Å². The maximum absolute atomic E-state index is 13.3. The van der Waals surface area contributed by atoms with E-state index in [1.54, 1.807) is 31.0 Å². The molecule has 0 aliphatic rings. The molecule has 3 aromatic carbocycles. The molecule has 0 atom stereocenters. The van der Waals surface area contributed by atoms with Crippen molar-refractivity contribution >= 4 is 11.6 Å². The quantitative estimate of drug-likeness (QED) is 0.422. The van der Waals surface area contributed by atoms with Crippen LogP contribution < -0.4 is 14.8 Å². The standard InChI is InChI=1S/C26H24FN3O3/c1-16-5-6-17(2)23(13-16)30-24(26(31)28-19-9-7-18(27)8-10-19)15-22(29-30)21-12-11-20(32-3)14-25(21)33-4/h5-15H,1-4H3,(H,28,31). The van der Waals surface area contributed by atoms with E-state index in [0.717, 1.165) is 22.4 Å². The lowest BCUT2D eigenvalue weighted by molar-refractivity contribution is 0.101. The van der Waals surface area contributed by atoms with E-state index >= 15 is 0 Å². The van der Waals surface area contributed by atoms with Crippen LogP contribution in [0.5, 0.6) is 11.5 Å². The summed E-state index contributed by atoms with van der Waals surface area (Å²) in [5, 5.41) is 7.59. The largest absolute Gasteiger partial charge is 0.497 e. The predicted octanol–water partition coefficient (Wildman–Crippen LogP) is 5.56. The van der Waals surface area contributed by atoms with Crippen LogP contribution >= 0.6 is 0 Å². The second-order valence-electron chi connectivity index (χ2n) is 7.64. The minimum absolute atomic E-state index is 0.334. The van der Waals surface area contributed by atoms with Gasteiger partial charge in [0.05, 0.1) is 25.6 Å². The van der Waals surface area contributed by atoms with Crippen LogP contribution in [0.3, 0.4) is 0 Å². The van der Waals surface area contributed by atoms with Crippen molar-refractivity contribution < 1.29 is 18.7 Å². The highest BCUT2D eigenvalue weighted by Gasteiger charge is 2.21. The molecule has 0 spiro atoms. The molecule has 6 nitrogen and oxygen atoms in total. The van der Waals surface area contributed by atoms with E-state index in [0.29, 0.717) is 28.6 Å². The smallest absolute Gasteiger partial charge is 0.274 e. The molecular weight excluding hydrogens is 421 g/mol. The number of anilines is 1. The third-order valence-corrected chi connectivity index (χ3v) is 5.32. The van der Waals surface area contributed by atoms with Gasteiger partial charge < -0.3 is 14.8 Å². The van der Waals surface area contributed by atoms with Crippen molar-refractivity contribution in [3.05, 3.63) is 89.4 Å². The number of carbonyl (C=O) groups is 1. The Labute approximate surface area is 191 Å². The zero-order valence-electron chi connectivity index (χ0n) is 18.8. The van der Waals surface area contributed by atoms with Crippen molar-refractivity contribution in [1.82, 2.24) is 9.78 Å². The molecule has 168 valence electrons. The number of amides is 1.